The smallest absolute Gasteiger partial charge is 0.342 e. The number of unbranched alkanes of at least 4 members (excludes halogenated alkanes) is 16. The van der Waals surface area contributed by atoms with E-state index in [1.165, 1.54) is 50.7 Å². The van der Waals surface area contributed by atoms with Crippen molar-refractivity contribution in [1.29, 1.82) is 10.5 Å². The first-order valence-electron chi connectivity index (χ1n) is 25.9. The molecule has 0 aliphatic heterocycles. The topological polar surface area (TPSA) is 137 Å². The van der Waals surface area contributed by atoms with Crippen LogP contribution in [0.25, 0.3) is 22.3 Å². The van der Waals surface area contributed by atoms with Crippen LogP contribution in [0.15, 0.2) is 135 Å². The van der Waals surface area contributed by atoms with Gasteiger partial charge < -0.3 is 28.4 Å². The molecule has 0 unspecified atom stereocenters. The molecule has 5 aromatic carbocycles. The maximum atomic E-state index is 13.3. The molecular weight excluding hydrogens is 901 g/mol. The first-order chi connectivity index (χ1) is 35.4. The summed E-state index contributed by atoms with van der Waals surface area (Å²) in [6.45, 7) is 9.69. The summed E-state index contributed by atoms with van der Waals surface area (Å²) >= 11 is 0. The molecule has 0 saturated carbocycles. The summed E-state index contributed by atoms with van der Waals surface area (Å²) in [6, 6.07) is 38.6. The van der Waals surface area contributed by atoms with Crippen molar-refractivity contribution in [3.8, 4) is 57.4 Å². The van der Waals surface area contributed by atoms with Crippen molar-refractivity contribution in [2.75, 3.05) is 39.6 Å². The first-order valence-corrected chi connectivity index (χ1v) is 25.9. The molecule has 0 heterocycles. The highest BCUT2D eigenvalue weighted by atomic mass is 16.5. The second kappa shape index (κ2) is 33.3. The van der Waals surface area contributed by atoms with Crippen molar-refractivity contribution in [2.45, 2.75) is 116 Å². The summed E-state index contributed by atoms with van der Waals surface area (Å²) in [6.07, 6.45) is 22.3. The Kier molecular flexibility index (Phi) is 25.7. The van der Waals surface area contributed by atoms with E-state index in [9.17, 15) is 9.59 Å². The minimum Gasteiger partial charge on any atom is -0.494 e. The Hall–Kier alpha value is -7.30. The van der Waals surface area contributed by atoms with Crippen molar-refractivity contribution in [3.05, 3.63) is 157 Å². The number of nitrogens with zero attached hydrogens (tertiary/aromatic N) is 2. The summed E-state index contributed by atoms with van der Waals surface area (Å²) < 4.78 is 34.9. The summed E-state index contributed by atoms with van der Waals surface area (Å²) in [7, 11) is 0. The van der Waals surface area contributed by atoms with Gasteiger partial charge in [-0.2, -0.15) is 10.5 Å². The highest BCUT2D eigenvalue weighted by Gasteiger charge is 2.23. The van der Waals surface area contributed by atoms with Crippen LogP contribution in [0.1, 0.15) is 147 Å². The predicted molar refractivity (Wildman–Crippen MR) is 286 cm³/mol. The fraction of sp³-hybridized carbons (Fsp3) is 0.387. The van der Waals surface area contributed by atoms with Gasteiger partial charge in [-0.15, -0.1) is 0 Å². The summed E-state index contributed by atoms with van der Waals surface area (Å²) in [5.41, 5.74) is 5.99. The third-order valence-electron chi connectivity index (χ3n) is 12.2. The quantitative estimate of drug-likeness (QED) is 0.0217. The van der Waals surface area contributed by atoms with Crippen LogP contribution in [0.5, 0.6) is 23.0 Å². The zero-order valence-corrected chi connectivity index (χ0v) is 42.1. The molecule has 72 heavy (non-hydrogen) atoms. The molecular formula is C62H72N2O8. The minimum absolute atomic E-state index is 0.139. The van der Waals surface area contributed by atoms with Crippen LogP contribution < -0.4 is 18.9 Å². The van der Waals surface area contributed by atoms with Gasteiger partial charge in [-0.25, -0.2) is 9.59 Å². The molecule has 10 heteroatoms. The largest absolute Gasteiger partial charge is 0.494 e. The molecule has 0 amide bonds. The van der Waals surface area contributed by atoms with E-state index in [2.05, 4.69) is 25.3 Å². The van der Waals surface area contributed by atoms with E-state index in [0.717, 1.165) is 111 Å². The number of benzene rings is 5. The number of rotatable bonds is 36. The van der Waals surface area contributed by atoms with Gasteiger partial charge in [-0.1, -0.05) is 164 Å². The van der Waals surface area contributed by atoms with Crippen LogP contribution in [-0.2, 0) is 9.47 Å². The average molecular weight is 973 g/mol. The van der Waals surface area contributed by atoms with Gasteiger partial charge in [0.2, 0.25) is 0 Å². The molecule has 0 aromatic heterocycles. The zero-order chi connectivity index (χ0) is 50.9. The summed E-state index contributed by atoms with van der Waals surface area (Å²) in [5.74, 6) is 1.05. The lowest BCUT2D eigenvalue weighted by atomic mass is 10.0. The highest BCUT2D eigenvalue weighted by molar-refractivity contribution is 5.98. The third-order valence-corrected chi connectivity index (χ3v) is 12.2. The molecule has 0 fully saturated rings. The zero-order valence-electron chi connectivity index (χ0n) is 42.1. The molecule has 0 aliphatic carbocycles. The van der Waals surface area contributed by atoms with Gasteiger partial charge in [0.1, 0.15) is 47.3 Å². The van der Waals surface area contributed by atoms with Gasteiger partial charge >= 0.3 is 11.9 Å². The van der Waals surface area contributed by atoms with Crippen LogP contribution in [-0.4, -0.2) is 51.6 Å². The fourth-order valence-corrected chi connectivity index (χ4v) is 8.13. The molecule has 0 bridgehead atoms. The van der Waals surface area contributed by atoms with Crippen LogP contribution in [0.2, 0.25) is 0 Å². The van der Waals surface area contributed by atoms with Crippen molar-refractivity contribution in [2.24, 2.45) is 0 Å². The average Bonchev–Trinajstić information content (AvgIpc) is 3.42. The number of carbonyl (C=O) groups is 2. The van der Waals surface area contributed by atoms with E-state index in [-0.39, 0.29) is 49.1 Å². The standard InChI is InChI=1S/C62H72N2O8/c1-3-39-69-59-45-58(62(66)72-44-22-18-14-10-6-8-12-16-20-42-68-56-37-33-54(34-38-56)52-29-25-50(48-64)26-30-52)60(70-40-4-2)46-57(59)61(65)71-43-21-17-13-9-5-7-11-15-19-41-67-55-35-31-53(32-36-55)51-27-23-49(47-63)24-28-51/h3-4,23-38,45-46H,1-2,5-22,39-44H2. The Morgan fingerprint density at radius 3 is 0.958 bits per heavy atom. The van der Waals surface area contributed by atoms with Crippen LogP contribution >= 0.6 is 0 Å². The van der Waals surface area contributed by atoms with Crippen LogP contribution in [0.4, 0.5) is 0 Å². The Bertz CT molecular complexity index is 2290. The Morgan fingerprint density at radius 1 is 0.389 bits per heavy atom. The Balaban J connectivity index is 0.891. The van der Waals surface area contributed by atoms with Crippen LogP contribution in [0, 0.1) is 22.7 Å². The van der Waals surface area contributed by atoms with Gasteiger partial charge in [0.25, 0.3) is 0 Å². The second-order valence-corrected chi connectivity index (χ2v) is 17.8. The third kappa shape index (κ3) is 20.2. The van der Waals surface area contributed by atoms with Crippen LogP contribution in [0.3, 0.4) is 0 Å². The fourth-order valence-electron chi connectivity index (χ4n) is 8.13. The van der Waals surface area contributed by atoms with Gasteiger partial charge in [-0.3, -0.25) is 0 Å². The van der Waals surface area contributed by atoms with E-state index in [1.807, 2.05) is 97.1 Å². The van der Waals surface area contributed by atoms with Gasteiger partial charge in [0.05, 0.1) is 49.7 Å². The number of hydrogen-bond acceptors (Lipinski definition) is 10. The molecule has 10 nitrogen and oxygen atoms in total. The number of hydrogen-bond donors (Lipinski definition) is 0. The molecule has 5 rings (SSSR count). The van der Waals surface area contributed by atoms with E-state index >= 15 is 0 Å². The maximum absolute atomic E-state index is 13.3. The van der Waals surface area contributed by atoms with Gasteiger partial charge in [0, 0.05) is 0 Å². The highest BCUT2D eigenvalue weighted by Crippen LogP contribution is 2.32. The number of carbonyl (C=O) groups excluding carboxylic acids is 2. The molecule has 0 aliphatic rings. The second-order valence-electron chi connectivity index (χ2n) is 17.8. The van der Waals surface area contributed by atoms with Crippen molar-refractivity contribution in [1.82, 2.24) is 0 Å². The van der Waals surface area contributed by atoms with Gasteiger partial charge in [-0.05, 0) is 109 Å². The van der Waals surface area contributed by atoms with E-state index < -0.39 is 11.9 Å². The lowest BCUT2D eigenvalue weighted by molar-refractivity contribution is 0.0475. The maximum Gasteiger partial charge on any atom is 0.342 e. The molecule has 0 radical (unpaired) electrons. The molecule has 0 atom stereocenters. The summed E-state index contributed by atoms with van der Waals surface area (Å²) in [5, 5.41) is 18.0. The molecule has 0 saturated heterocycles. The number of ether oxygens (including phenoxy) is 6. The van der Waals surface area contributed by atoms with E-state index in [0.29, 0.717) is 24.3 Å². The van der Waals surface area contributed by atoms with Crippen molar-refractivity contribution in [3.63, 3.8) is 0 Å². The SMILES string of the molecule is C=CCOc1cc(C(=O)OCCCCCCCCCCCOc2ccc(-c3ccc(C#N)cc3)cc2)c(OCC=C)cc1C(=O)OCCCCCCCCCCCOc1ccc(-c2ccc(C#N)cc2)cc1. The van der Waals surface area contributed by atoms with Gasteiger partial charge in [0.15, 0.2) is 0 Å². The van der Waals surface area contributed by atoms with E-state index in [4.69, 9.17) is 38.9 Å². The number of nitriles is 2. The lowest BCUT2D eigenvalue weighted by Crippen LogP contribution is -2.14. The summed E-state index contributed by atoms with van der Waals surface area (Å²) in [4.78, 5) is 26.7. The lowest BCUT2D eigenvalue weighted by Gasteiger charge is -2.16. The molecule has 378 valence electrons. The Morgan fingerprint density at radius 2 is 0.667 bits per heavy atom. The first kappa shape index (κ1) is 55.6. The molecule has 0 spiro atoms. The molecule has 0 N–H and O–H groups in total. The molecule has 5 aromatic rings. The van der Waals surface area contributed by atoms with Crippen molar-refractivity contribution >= 4 is 11.9 Å². The predicted octanol–water partition coefficient (Wildman–Crippen LogP) is 15.4. The number of esters is 2. The monoisotopic (exact) mass is 973 g/mol. The normalized spacial score (nSPS) is 10.6. The van der Waals surface area contributed by atoms with Crippen molar-refractivity contribution < 1.29 is 38.0 Å². The Labute approximate surface area is 428 Å². The minimum atomic E-state index is -0.546. The van der Waals surface area contributed by atoms with E-state index in [1.54, 1.807) is 12.2 Å².